The third kappa shape index (κ3) is 2.36. The molecule has 2 rings (SSSR count). The van der Waals surface area contributed by atoms with Crippen LogP contribution in [-0.2, 0) is 11.3 Å². The highest BCUT2D eigenvalue weighted by atomic mass is 16.5. The summed E-state index contributed by atoms with van der Waals surface area (Å²) >= 11 is 0. The van der Waals surface area contributed by atoms with Crippen molar-refractivity contribution < 1.29 is 4.74 Å². The van der Waals surface area contributed by atoms with Gasteiger partial charge < -0.3 is 14.6 Å². The Hall–Kier alpha value is -0.800. The average molecular weight is 194 g/mol. The molecule has 1 saturated carbocycles. The summed E-state index contributed by atoms with van der Waals surface area (Å²) < 4.78 is 7.37. The largest absolute Gasteiger partial charge is 0.383 e. The van der Waals surface area contributed by atoms with Crippen LogP contribution in [0.5, 0.6) is 0 Å². The molecule has 1 N–H and O–H groups in total. The maximum Gasteiger partial charge on any atom is 0.0587 e. The van der Waals surface area contributed by atoms with Gasteiger partial charge in [0.15, 0.2) is 0 Å². The molecule has 0 radical (unpaired) electrons. The van der Waals surface area contributed by atoms with E-state index in [1.807, 2.05) is 0 Å². The van der Waals surface area contributed by atoms with Crippen molar-refractivity contribution in [3.05, 3.63) is 24.0 Å². The first-order valence-corrected chi connectivity index (χ1v) is 5.27. The summed E-state index contributed by atoms with van der Waals surface area (Å²) in [7, 11) is 1.73. The van der Waals surface area contributed by atoms with Gasteiger partial charge in [0.2, 0.25) is 0 Å². The summed E-state index contributed by atoms with van der Waals surface area (Å²) in [5.41, 5.74) is 1.39. The molecule has 0 bridgehead atoms. The van der Waals surface area contributed by atoms with Gasteiger partial charge in [0.05, 0.1) is 6.61 Å². The predicted octanol–water partition coefficient (Wildman–Crippen LogP) is 1.56. The first kappa shape index (κ1) is 9.74. The molecule has 1 heterocycles. The van der Waals surface area contributed by atoms with E-state index in [0.717, 1.165) is 25.7 Å². The highest BCUT2D eigenvalue weighted by molar-refractivity contribution is 5.10. The average Bonchev–Trinajstić information content (AvgIpc) is 2.94. The van der Waals surface area contributed by atoms with Gasteiger partial charge in [-0.15, -0.1) is 0 Å². The van der Waals surface area contributed by atoms with Crippen molar-refractivity contribution >= 4 is 0 Å². The third-order valence-corrected chi connectivity index (χ3v) is 2.60. The van der Waals surface area contributed by atoms with Crippen molar-refractivity contribution in [1.82, 2.24) is 9.88 Å². The minimum atomic E-state index is 0.782. The lowest BCUT2D eigenvalue weighted by Crippen LogP contribution is -2.20. The summed E-state index contributed by atoms with van der Waals surface area (Å²) in [6.45, 7) is 2.66. The second kappa shape index (κ2) is 4.62. The van der Waals surface area contributed by atoms with Crippen molar-refractivity contribution in [2.75, 3.05) is 20.3 Å². The van der Waals surface area contributed by atoms with E-state index >= 15 is 0 Å². The molecule has 0 amide bonds. The quantitative estimate of drug-likeness (QED) is 0.695. The molecule has 0 saturated heterocycles. The summed E-state index contributed by atoms with van der Waals surface area (Å²) in [4.78, 5) is 0. The Labute approximate surface area is 85.1 Å². The Morgan fingerprint density at radius 1 is 1.57 bits per heavy atom. The van der Waals surface area contributed by atoms with Crippen LogP contribution in [0.25, 0.3) is 0 Å². The zero-order chi connectivity index (χ0) is 9.80. The lowest BCUT2D eigenvalue weighted by molar-refractivity contribution is 0.199. The molecule has 1 aromatic rings. The molecular formula is C11H18N2O. The fourth-order valence-electron chi connectivity index (χ4n) is 1.68. The van der Waals surface area contributed by atoms with Crippen molar-refractivity contribution in [1.29, 1.82) is 0 Å². The third-order valence-electron chi connectivity index (χ3n) is 2.60. The van der Waals surface area contributed by atoms with Crippen LogP contribution >= 0.6 is 0 Å². The van der Waals surface area contributed by atoms with Crippen molar-refractivity contribution in [3.8, 4) is 0 Å². The first-order chi connectivity index (χ1) is 6.92. The molecule has 1 aliphatic carbocycles. The Morgan fingerprint density at radius 2 is 2.43 bits per heavy atom. The van der Waals surface area contributed by atoms with Gasteiger partial charge in [-0.1, -0.05) is 0 Å². The van der Waals surface area contributed by atoms with Gasteiger partial charge in [-0.3, -0.25) is 0 Å². The summed E-state index contributed by atoms with van der Waals surface area (Å²) in [5.74, 6) is 0. The van der Waals surface area contributed by atoms with Gasteiger partial charge in [0, 0.05) is 38.1 Å². The van der Waals surface area contributed by atoms with Gasteiger partial charge >= 0.3 is 0 Å². The number of rotatable bonds is 6. The molecule has 1 aliphatic rings. The molecule has 1 fully saturated rings. The standard InChI is InChI=1S/C11H18N2O/c1-14-8-6-12-9-11-3-2-7-13(11)10-4-5-10/h2-3,7,10,12H,4-6,8-9H2,1H3. The topological polar surface area (TPSA) is 26.2 Å². The maximum atomic E-state index is 4.98. The molecule has 3 nitrogen and oxygen atoms in total. The second-order valence-electron chi connectivity index (χ2n) is 3.81. The van der Waals surface area contributed by atoms with Crippen LogP contribution in [-0.4, -0.2) is 24.8 Å². The summed E-state index contributed by atoms with van der Waals surface area (Å²) in [6, 6.07) is 5.10. The van der Waals surface area contributed by atoms with Crippen LogP contribution < -0.4 is 5.32 Å². The molecule has 3 heteroatoms. The minimum absolute atomic E-state index is 0.782. The number of nitrogens with zero attached hydrogens (tertiary/aromatic N) is 1. The fourth-order valence-corrected chi connectivity index (χ4v) is 1.68. The van der Waals surface area contributed by atoms with Gasteiger partial charge in [-0.25, -0.2) is 0 Å². The van der Waals surface area contributed by atoms with Gasteiger partial charge in [0.25, 0.3) is 0 Å². The van der Waals surface area contributed by atoms with E-state index in [9.17, 15) is 0 Å². The van der Waals surface area contributed by atoms with Crippen LogP contribution in [0.15, 0.2) is 18.3 Å². The summed E-state index contributed by atoms with van der Waals surface area (Å²) in [6.07, 6.45) is 4.88. The Bertz CT molecular complexity index is 279. The highest BCUT2D eigenvalue weighted by Gasteiger charge is 2.24. The molecule has 0 aliphatic heterocycles. The van der Waals surface area contributed by atoms with Gasteiger partial charge in [-0.2, -0.15) is 0 Å². The van der Waals surface area contributed by atoms with E-state index < -0.39 is 0 Å². The smallest absolute Gasteiger partial charge is 0.0587 e. The van der Waals surface area contributed by atoms with E-state index in [1.165, 1.54) is 18.5 Å². The number of hydrogen-bond acceptors (Lipinski definition) is 2. The number of ether oxygens (including phenoxy) is 1. The maximum absolute atomic E-state index is 4.98. The fraction of sp³-hybridized carbons (Fsp3) is 0.636. The number of nitrogens with one attached hydrogen (secondary N) is 1. The predicted molar refractivity (Wildman–Crippen MR) is 56.3 cm³/mol. The van der Waals surface area contributed by atoms with E-state index in [2.05, 4.69) is 28.2 Å². The zero-order valence-electron chi connectivity index (χ0n) is 8.70. The van der Waals surface area contributed by atoms with Crippen LogP contribution in [0.4, 0.5) is 0 Å². The molecule has 1 aromatic heterocycles. The zero-order valence-corrected chi connectivity index (χ0v) is 8.70. The monoisotopic (exact) mass is 194 g/mol. The lowest BCUT2D eigenvalue weighted by Gasteiger charge is -2.08. The number of aromatic nitrogens is 1. The SMILES string of the molecule is COCCNCc1cccn1C1CC1. The minimum Gasteiger partial charge on any atom is -0.383 e. The molecule has 0 spiro atoms. The molecule has 0 atom stereocenters. The van der Waals surface area contributed by atoms with Crippen LogP contribution in [0.3, 0.4) is 0 Å². The Balaban J connectivity index is 1.80. The highest BCUT2D eigenvalue weighted by Crippen LogP contribution is 2.35. The molecule has 14 heavy (non-hydrogen) atoms. The Kier molecular flexibility index (Phi) is 3.22. The van der Waals surface area contributed by atoms with E-state index in [-0.39, 0.29) is 0 Å². The second-order valence-corrected chi connectivity index (χ2v) is 3.81. The van der Waals surface area contributed by atoms with Crippen LogP contribution in [0.2, 0.25) is 0 Å². The number of methoxy groups -OCH3 is 1. The summed E-state index contributed by atoms with van der Waals surface area (Å²) in [5, 5.41) is 3.37. The van der Waals surface area contributed by atoms with Crippen molar-refractivity contribution in [3.63, 3.8) is 0 Å². The first-order valence-electron chi connectivity index (χ1n) is 5.27. The van der Waals surface area contributed by atoms with Crippen LogP contribution in [0, 0.1) is 0 Å². The molecule has 0 aromatic carbocycles. The molecular weight excluding hydrogens is 176 g/mol. The normalized spacial score (nSPS) is 16.1. The molecule has 78 valence electrons. The van der Waals surface area contributed by atoms with Gasteiger partial charge in [-0.05, 0) is 25.0 Å². The van der Waals surface area contributed by atoms with Crippen molar-refractivity contribution in [2.45, 2.75) is 25.4 Å². The van der Waals surface area contributed by atoms with Gasteiger partial charge in [0.1, 0.15) is 0 Å². The number of hydrogen-bond donors (Lipinski definition) is 1. The molecule has 0 unspecified atom stereocenters. The lowest BCUT2D eigenvalue weighted by atomic mass is 10.4. The van der Waals surface area contributed by atoms with E-state index in [4.69, 9.17) is 4.74 Å². The van der Waals surface area contributed by atoms with Crippen LogP contribution in [0.1, 0.15) is 24.6 Å². The van der Waals surface area contributed by atoms with E-state index in [1.54, 1.807) is 7.11 Å². The van der Waals surface area contributed by atoms with E-state index in [0.29, 0.717) is 0 Å². The Morgan fingerprint density at radius 3 is 3.14 bits per heavy atom. The van der Waals surface area contributed by atoms with Crippen molar-refractivity contribution in [2.24, 2.45) is 0 Å².